The standard InChI is InChI=1S/C21H29N3O2/c1-5-16(3)24(17(4)25)14-19-20(18-10-8-15(2)9-11-18)22-26-21(19)23-12-6-7-13-23/h8-11,16H,5-7,12-14H2,1-4H3/t16-/m0/s1. The molecule has 5 heteroatoms. The van der Waals surface area contributed by atoms with Crippen molar-refractivity contribution in [3.8, 4) is 11.3 Å². The molecule has 0 unspecified atom stereocenters. The molecule has 1 aliphatic heterocycles. The number of hydrogen-bond donors (Lipinski definition) is 0. The lowest BCUT2D eigenvalue weighted by Crippen LogP contribution is -2.36. The number of nitrogens with zero attached hydrogens (tertiary/aromatic N) is 3. The minimum atomic E-state index is 0.0859. The maximum absolute atomic E-state index is 12.3. The van der Waals surface area contributed by atoms with Gasteiger partial charge in [-0.2, -0.15) is 0 Å². The van der Waals surface area contributed by atoms with E-state index in [-0.39, 0.29) is 11.9 Å². The van der Waals surface area contributed by atoms with Crippen LogP contribution in [0, 0.1) is 6.92 Å². The summed E-state index contributed by atoms with van der Waals surface area (Å²) in [7, 11) is 0. The van der Waals surface area contributed by atoms with E-state index < -0.39 is 0 Å². The summed E-state index contributed by atoms with van der Waals surface area (Å²) in [5.74, 6) is 0.912. The van der Waals surface area contributed by atoms with E-state index in [9.17, 15) is 4.79 Å². The Bertz CT molecular complexity index is 745. The highest BCUT2D eigenvalue weighted by atomic mass is 16.5. The molecule has 1 amide bonds. The largest absolute Gasteiger partial charge is 0.340 e. The molecule has 2 aromatic rings. The number of aromatic nitrogens is 1. The van der Waals surface area contributed by atoms with Crippen LogP contribution in [0.4, 0.5) is 5.88 Å². The molecule has 5 nitrogen and oxygen atoms in total. The number of carbonyl (C=O) groups excluding carboxylic acids is 1. The molecule has 1 aliphatic rings. The predicted octanol–water partition coefficient (Wildman–Crippen LogP) is 4.40. The Kier molecular flexibility index (Phi) is 5.64. The number of anilines is 1. The van der Waals surface area contributed by atoms with Gasteiger partial charge in [0, 0.05) is 31.6 Å². The zero-order valence-corrected chi connectivity index (χ0v) is 16.3. The van der Waals surface area contributed by atoms with Crippen LogP contribution >= 0.6 is 0 Å². The monoisotopic (exact) mass is 355 g/mol. The average Bonchev–Trinajstić information content (AvgIpc) is 3.28. The molecular formula is C21H29N3O2. The van der Waals surface area contributed by atoms with Gasteiger partial charge in [0.15, 0.2) is 0 Å². The summed E-state index contributed by atoms with van der Waals surface area (Å²) in [6, 6.07) is 8.50. The quantitative estimate of drug-likeness (QED) is 0.771. The summed E-state index contributed by atoms with van der Waals surface area (Å²) >= 11 is 0. The number of hydrogen-bond acceptors (Lipinski definition) is 4. The fourth-order valence-corrected chi connectivity index (χ4v) is 3.52. The molecule has 1 atom stereocenters. The van der Waals surface area contributed by atoms with Crippen molar-refractivity contribution < 1.29 is 9.32 Å². The summed E-state index contributed by atoms with van der Waals surface area (Å²) in [4.78, 5) is 16.4. The molecule has 2 heterocycles. The Morgan fingerprint density at radius 3 is 2.50 bits per heavy atom. The molecule has 1 aromatic carbocycles. The van der Waals surface area contributed by atoms with Crippen molar-refractivity contribution in [2.75, 3.05) is 18.0 Å². The van der Waals surface area contributed by atoms with Gasteiger partial charge < -0.3 is 14.3 Å². The third-order valence-corrected chi connectivity index (χ3v) is 5.34. The molecule has 140 valence electrons. The van der Waals surface area contributed by atoms with Crippen LogP contribution in [0.5, 0.6) is 0 Å². The van der Waals surface area contributed by atoms with Crippen molar-refractivity contribution in [2.45, 2.75) is 59.5 Å². The highest BCUT2D eigenvalue weighted by molar-refractivity contribution is 5.75. The number of rotatable bonds is 6. The molecule has 0 radical (unpaired) electrons. The van der Waals surface area contributed by atoms with Crippen LogP contribution in [0.15, 0.2) is 28.8 Å². The van der Waals surface area contributed by atoms with Gasteiger partial charge >= 0.3 is 0 Å². The molecule has 0 N–H and O–H groups in total. The van der Waals surface area contributed by atoms with Gasteiger partial charge in [0.25, 0.3) is 0 Å². The number of benzene rings is 1. The van der Waals surface area contributed by atoms with E-state index in [0.29, 0.717) is 6.54 Å². The molecule has 26 heavy (non-hydrogen) atoms. The first-order chi connectivity index (χ1) is 12.5. The molecule has 1 aromatic heterocycles. The topological polar surface area (TPSA) is 49.6 Å². The van der Waals surface area contributed by atoms with Crippen molar-refractivity contribution in [1.82, 2.24) is 10.1 Å². The smallest absolute Gasteiger partial charge is 0.232 e. The van der Waals surface area contributed by atoms with Crippen molar-refractivity contribution in [2.24, 2.45) is 0 Å². The van der Waals surface area contributed by atoms with Crippen LogP contribution in [0.1, 0.15) is 51.2 Å². The van der Waals surface area contributed by atoms with Crippen LogP contribution < -0.4 is 4.90 Å². The zero-order chi connectivity index (χ0) is 18.7. The van der Waals surface area contributed by atoms with Gasteiger partial charge in [-0.1, -0.05) is 41.9 Å². The van der Waals surface area contributed by atoms with Gasteiger partial charge in [-0.05, 0) is 33.1 Å². The van der Waals surface area contributed by atoms with Crippen molar-refractivity contribution in [1.29, 1.82) is 0 Å². The maximum atomic E-state index is 12.3. The summed E-state index contributed by atoms with van der Waals surface area (Å²) in [6.45, 7) is 10.4. The van der Waals surface area contributed by atoms with E-state index in [1.165, 1.54) is 18.4 Å². The Balaban J connectivity index is 2.02. The summed E-state index contributed by atoms with van der Waals surface area (Å²) in [6.07, 6.45) is 3.26. The van der Waals surface area contributed by atoms with Crippen LogP contribution in [-0.2, 0) is 11.3 Å². The molecule has 3 rings (SSSR count). The van der Waals surface area contributed by atoms with Crippen molar-refractivity contribution >= 4 is 11.8 Å². The van der Waals surface area contributed by atoms with Gasteiger partial charge in [0.1, 0.15) is 5.69 Å². The fourth-order valence-electron chi connectivity index (χ4n) is 3.52. The number of aryl methyl sites for hydroxylation is 1. The number of carbonyl (C=O) groups is 1. The first kappa shape index (κ1) is 18.5. The van der Waals surface area contributed by atoms with E-state index in [1.807, 2.05) is 4.90 Å². The second-order valence-electron chi connectivity index (χ2n) is 7.28. The first-order valence-corrected chi connectivity index (χ1v) is 9.59. The lowest BCUT2D eigenvalue weighted by Gasteiger charge is -2.28. The van der Waals surface area contributed by atoms with E-state index in [0.717, 1.165) is 42.2 Å². The van der Waals surface area contributed by atoms with Gasteiger partial charge in [-0.15, -0.1) is 0 Å². The van der Waals surface area contributed by atoms with Crippen LogP contribution in [0.3, 0.4) is 0 Å². The molecule has 0 bridgehead atoms. The molecule has 0 aliphatic carbocycles. The summed E-state index contributed by atoms with van der Waals surface area (Å²) in [5, 5.41) is 4.40. The lowest BCUT2D eigenvalue weighted by atomic mass is 10.0. The molecule has 1 fully saturated rings. The molecule has 1 saturated heterocycles. The predicted molar refractivity (Wildman–Crippen MR) is 104 cm³/mol. The Morgan fingerprint density at radius 2 is 1.92 bits per heavy atom. The summed E-state index contributed by atoms with van der Waals surface area (Å²) in [5.41, 5.74) is 4.11. The highest BCUT2D eigenvalue weighted by Gasteiger charge is 2.28. The second-order valence-corrected chi connectivity index (χ2v) is 7.28. The average molecular weight is 355 g/mol. The number of amides is 1. The molecule has 0 spiro atoms. The molecule has 0 saturated carbocycles. The van der Waals surface area contributed by atoms with Gasteiger partial charge in [0.05, 0.1) is 12.1 Å². The second kappa shape index (κ2) is 7.94. The van der Waals surface area contributed by atoms with Crippen molar-refractivity contribution in [3.63, 3.8) is 0 Å². The SMILES string of the molecule is CC[C@H](C)N(Cc1c(-c2ccc(C)cc2)noc1N1CCCC1)C(C)=O. The van der Waals surface area contributed by atoms with Crippen LogP contribution in [0.25, 0.3) is 11.3 Å². The van der Waals surface area contributed by atoms with E-state index >= 15 is 0 Å². The third kappa shape index (κ3) is 3.76. The van der Waals surface area contributed by atoms with Crippen LogP contribution in [-0.4, -0.2) is 35.1 Å². The van der Waals surface area contributed by atoms with Gasteiger partial charge in [-0.25, -0.2) is 0 Å². The van der Waals surface area contributed by atoms with Crippen molar-refractivity contribution in [3.05, 3.63) is 35.4 Å². The van der Waals surface area contributed by atoms with E-state index in [1.54, 1.807) is 6.92 Å². The third-order valence-electron chi connectivity index (χ3n) is 5.34. The Hall–Kier alpha value is -2.30. The summed E-state index contributed by atoms with van der Waals surface area (Å²) < 4.78 is 5.80. The highest BCUT2D eigenvalue weighted by Crippen LogP contribution is 2.34. The normalized spacial score (nSPS) is 15.3. The van der Waals surface area contributed by atoms with Crippen LogP contribution in [0.2, 0.25) is 0 Å². The lowest BCUT2D eigenvalue weighted by molar-refractivity contribution is -0.131. The molecular weight excluding hydrogens is 326 g/mol. The van der Waals surface area contributed by atoms with Gasteiger partial charge in [0.2, 0.25) is 11.8 Å². The first-order valence-electron chi connectivity index (χ1n) is 9.59. The Morgan fingerprint density at radius 1 is 1.27 bits per heavy atom. The fraction of sp³-hybridized carbons (Fsp3) is 0.524. The zero-order valence-electron chi connectivity index (χ0n) is 16.3. The van der Waals surface area contributed by atoms with E-state index in [2.05, 4.69) is 55.1 Å². The minimum Gasteiger partial charge on any atom is -0.340 e. The maximum Gasteiger partial charge on any atom is 0.232 e. The Labute approximate surface area is 156 Å². The minimum absolute atomic E-state index is 0.0859. The van der Waals surface area contributed by atoms with E-state index in [4.69, 9.17) is 4.52 Å². The van der Waals surface area contributed by atoms with Gasteiger partial charge in [-0.3, -0.25) is 4.79 Å².